The lowest BCUT2D eigenvalue weighted by molar-refractivity contribution is 0.0695. The number of ether oxygens (including phenoxy) is 1. The van der Waals surface area contributed by atoms with Crippen molar-refractivity contribution in [2.45, 2.75) is 25.7 Å². The van der Waals surface area contributed by atoms with Crippen molar-refractivity contribution in [3.05, 3.63) is 23.3 Å². The zero-order chi connectivity index (χ0) is 15.5. The lowest BCUT2D eigenvalue weighted by atomic mass is 10.1. The van der Waals surface area contributed by atoms with E-state index in [1.165, 1.54) is 23.5 Å². The van der Waals surface area contributed by atoms with Crippen molar-refractivity contribution in [3.8, 4) is 5.75 Å². The molecular formula is C13H19NO5S. The molecular weight excluding hydrogens is 282 g/mol. The van der Waals surface area contributed by atoms with E-state index in [9.17, 15) is 13.2 Å². The maximum atomic E-state index is 12.4. The summed E-state index contributed by atoms with van der Waals surface area (Å²) in [5.74, 6) is -0.937. The molecule has 0 radical (unpaired) electrons. The van der Waals surface area contributed by atoms with Gasteiger partial charge in [-0.1, -0.05) is 13.8 Å². The van der Waals surface area contributed by atoms with Gasteiger partial charge in [-0.05, 0) is 13.0 Å². The molecule has 0 spiro atoms. The van der Waals surface area contributed by atoms with E-state index in [-0.39, 0.29) is 16.2 Å². The first-order valence-electron chi connectivity index (χ1n) is 6.21. The molecule has 0 aromatic heterocycles. The standard InChI is InChI=1S/C13H19NO5S/c1-5-14(6-2)20(17,18)10-7-11(13(15)16)9(3)12(8-10)19-4/h7-8H,5-6H2,1-4H3,(H,15,16). The second-order valence-corrected chi connectivity index (χ2v) is 6.13. The Morgan fingerprint density at radius 1 is 1.30 bits per heavy atom. The highest BCUT2D eigenvalue weighted by atomic mass is 32.2. The van der Waals surface area contributed by atoms with Crippen molar-refractivity contribution in [1.82, 2.24) is 4.31 Å². The third kappa shape index (κ3) is 2.94. The quantitative estimate of drug-likeness (QED) is 0.865. The van der Waals surface area contributed by atoms with Gasteiger partial charge in [-0.25, -0.2) is 13.2 Å². The summed E-state index contributed by atoms with van der Waals surface area (Å²) in [5, 5.41) is 9.16. The van der Waals surface area contributed by atoms with Crippen LogP contribution in [0.15, 0.2) is 17.0 Å². The van der Waals surface area contributed by atoms with Crippen LogP contribution in [0.5, 0.6) is 5.75 Å². The van der Waals surface area contributed by atoms with Gasteiger partial charge in [0.15, 0.2) is 0 Å². The third-order valence-corrected chi connectivity index (χ3v) is 5.15. The summed E-state index contributed by atoms with van der Waals surface area (Å²) >= 11 is 0. The van der Waals surface area contributed by atoms with Gasteiger partial charge in [-0.15, -0.1) is 0 Å². The molecule has 0 unspecified atom stereocenters. The number of benzene rings is 1. The minimum Gasteiger partial charge on any atom is -0.496 e. The van der Waals surface area contributed by atoms with Gasteiger partial charge >= 0.3 is 5.97 Å². The lowest BCUT2D eigenvalue weighted by Crippen LogP contribution is -2.30. The summed E-state index contributed by atoms with van der Waals surface area (Å²) < 4.78 is 31.2. The van der Waals surface area contributed by atoms with Crippen LogP contribution in [-0.2, 0) is 10.0 Å². The van der Waals surface area contributed by atoms with E-state index in [0.717, 1.165) is 0 Å². The molecule has 20 heavy (non-hydrogen) atoms. The molecule has 0 aliphatic heterocycles. The van der Waals surface area contributed by atoms with Crippen LogP contribution < -0.4 is 4.74 Å². The molecule has 0 saturated carbocycles. The summed E-state index contributed by atoms with van der Waals surface area (Å²) in [7, 11) is -2.34. The molecule has 112 valence electrons. The Bertz CT molecular complexity index is 605. The molecule has 0 fully saturated rings. The number of rotatable bonds is 6. The topological polar surface area (TPSA) is 83.9 Å². The fourth-order valence-corrected chi connectivity index (χ4v) is 3.46. The Morgan fingerprint density at radius 2 is 1.85 bits per heavy atom. The van der Waals surface area contributed by atoms with Crippen molar-refractivity contribution in [2.24, 2.45) is 0 Å². The minimum atomic E-state index is -3.72. The third-order valence-electron chi connectivity index (χ3n) is 3.13. The Labute approximate surface area is 119 Å². The molecule has 0 aliphatic rings. The highest BCUT2D eigenvalue weighted by Gasteiger charge is 2.25. The Kier molecular flexibility index (Phi) is 5.13. The van der Waals surface area contributed by atoms with E-state index >= 15 is 0 Å². The van der Waals surface area contributed by atoms with Gasteiger partial charge in [-0.2, -0.15) is 4.31 Å². The summed E-state index contributed by atoms with van der Waals surface area (Å²) in [5.41, 5.74) is 0.327. The van der Waals surface area contributed by atoms with E-state index in [1.807, 2.05) is 0 Å². The van der Waals surface area contributed by atoms with E-state index in [4.69, 9.17) is 9.84 Å². The molecule has 0 aliphatic carbocycles. The van der Waals surface area contributed by atoms with Crippen molar-refractivity contribution in [1.29, 1.82) is 0 Å². The van der Waals surface area contributed by atoms with Crippen LogP contribution in [0.4, 0.5) is 0 Å². The highest BCUT2D eigenvalue weighted by molar-refractivity contribution is 7.89. The molecule has 0 heterocycles. The maximum Gasteiger partial charge on any atom is 0.336 e. The van der Waals surface area contributed by atoms with Gasteiger partial charge in [0.25, 0.3) is 0 Å². The number of carboxylic acids is 1. The zero-order valence-electron chi connectivity index (χ0n) is 12.0. The molecule has 1 aromatic rings. The van der Waals surface area contributed by atoms with Crippen LogP contribution in [0.25, 0.3) is 0 Å². The van der Waals surface area contributed by atoms with E-state index in [0.29, 0.717) is 18.7 Å². The summed E-state index contributed by atoms with van der Waals surface area (Å²) in [4.78, 5) is 11.1. The van der Waals surface area contributed by atoms with Crippen molar-refractivity contribution in [2.75, 3.05) is 20.2 Å². The molecule has 0 saturated heterocycles. The predicted molar refractivity (Wildman–Crippen MR) is 74.8 cm³/mol. The smallest absolute Gasteiger partial charge is 0.336 e. The molecule has 1 rings (SSSR count). The van der Waals surface area contributed by atoms with E-state index < -0.39 is 16.0 Å². The van der Waals surface area contributed by atoms with Crippen molar-refractivity contribution >= 4 is 16.0 Å². The van der Waals surface area contributed by atoms with Gasteiger partial charge in [0.2, 0.25) is 10.0 Å². The monoisotopic (exact) mass is 301 g/mol. The molecule has 6 nitrogen and oxygen atoms in total. The van der Waals surface area contributed by atoms with Gasteiger partial charge < -0.3 is 9.84 Å². The second kappa shape index (κ2) is 6.23. The fraction of sp³-hybridized carbons (Fsp3) is 0.462. The van der Waals surface area contributed by atoms with Crippen molar-refractivity contribution in [3.63, 3.8) is 0 Å². The minimum absolute atomic E-state index is 0.0685. The van der Waals surface area contributed by atoms with Gasteiger partial charge in [-0.3, -0.25) is 0 Å². The number of aromatic carboxylic acids is 1. The molecule has 7 heteroatoms. The van der Waals surface area contributed by atoms with E-state index in [1.54, 1.807) is 20.8 Å². The number of hydrogen-bond donors (Lipinski definition) is 1. The Hall–Kier alpha value is -1.60. The number of carbonyl (C=O) groups is 1. The zero-order valence-corrected chi connectivity index (χ0v) is 12.8. The van der Waals surface area contributed by atoms with Gasteiger partial charge in [0.05, 0.1) is 17.6 Å². The Balaban J connectivity index is 3.54. The average molecular weight is 301 g/mol. The number of carboxylic acid groups (broad SMARTS) is 1. The van der Waals surface area contributed by atoms with Crippen LogP contribution in [0.1, 0.15) is 29.8 Å². The highest BCUT2D eigenvalue weighted by Crippen LogP contribution is 2.28. The first-order valence-corrected chi connectivity index (χ1v) is 7.65. The van der Waals surface area contributed by atoms with Crippen LogP contribution in [0.3, 0.4) is 0 Å². The van der Waals surface area contributed by atoms with E-state index in [2.05, 4.69) is 0 Å². The Morgan fingerprint density at radius 3 is 2.25 bits per heavy atom. The summed E-state index contributed by atoms with van der Waals surface area (Å²) in [6, 6.07) is 2.53. The lowest BCUT2D eigenvalue weighted by Gasteiger charge is -2.20. The normalized spacial score (nSPS) is 11.7. The number of nitrogens with zero attached hydrogens (tertiary/aromatic N) is 1. The number of hydrogen-bond acceptors (Lipinski definition) is 4. The molecule has 0 amide bonds. The second-order valence-electron chi connectivity index (χ2n) is 4.19. The van der Waals surface area contributed by atoms with Crippen LogP contribution in [0, 0.1) is 6.92 Å². The number of sulfonamides is 1. The first kappa shape index (κ1) is 16.5. The van der Waals surface area contributed by atoms with Crippen LogP contribution in [0.2, 0.25) is 0 Å². The first-order chi connectivity index (χ1) is 9.29. The fourth-order valence-electron chi connectivity index (χ4n) is 1.96. The SMILES string of the molecule is CCN(CC)S(=O)(=O)c1cc(OC)c(C)c(C(=O)O)c1. The maximum absolute atomic E-state index is 12.4. The van der Waals surface area contributed by atoms with Crippen LogP contribution >= 0.6 is 0 Å². The molecule has 0 atom stereocenters. The van der Waals surface area contributed by atoms with Gasteiger partial charge in [0.1, 0.15) is 5.75 Å². The average Bonchev–Trinajstić information content (AvgIpc) is 2.39. The largest absolute Gasteiger partial charge is 0.496 e. The molecule has 0 bridgehead atoms. The summed E-state index contributed by atoms with van der Waals surface area (Å²) in [6.45, 7) is 5.67. The molecule has 1 aromatic carbocycles. The van der Waals surface area contributed by atoms with Gasteiger partial charge in [0, 0.05) is 24.7 Å². The molecule has 1 N–H and O–H groups in total. The van der Waals surface area contributed by atoms with Crippen LogP contribution in [-0.4, -0.2) is 44.0 Å². The summed E-state index contributed by atoms with van der Waals surface area (Å²) in [6.07, 6.45) is 0. The number of methoxy groups -OCH3 is 1. The predicted octanol–water partition coefficient (Wildman–Crippen LogP) is 1.73. The van der Waals surface area contributed by atoms with Crippen molar-refractivity contribution < 1.29 is 23.1 Å².